The molecule has 0 unspecified atom stereocenters. The monoisotopic (exact) mass is 372 g/mol. The van der Waals surface area contributed by atoms with Crippen molar-refractivity contribution in [2.45, 2.75) is 19.8 Å². The number of hydrogen-bond acceptors (Lipinski definition) is 3. The number of rotatable bonds is 5. The van der Waals surface area contributed by atoms with E-state index in [0.29, 0.717) is 0 Å². The lowest BCUT2D eigenvalue weighted by atomic mass is 9.80. The third-order valence-electron chi connectivity index (χ3n) is 5.87. The number of ether oxygens (including phenoxy) is 1. The number of nitrogens with zero attached hydrogens (tertiary/aromatic N) is 2. The van der Waals surface area contributed by atoms with E-state index in [0.717, 1.165) is 18.8 Å². The van der Waals surface area contributed by atoms with Crippen LogP contribution in [0.3, 0.4) is 0 Å². The Bertz CT molecular complexity index is 930. The molecule has 3 aromatic carbocycles. The molecule has 1 heterocycles. The number of anilines is 3. The lowest BCUT2D eigenvalue weighted by molar-refractivity contribution is 0.409. The lowest BCUT2D eigenvalue weighted by Crippen LogP contribution is -2.23. The van der Waals surface area contributed by atoms with E-state index >= 15 is 0 Å². The molecule has 0 saturated carbocycles. The van der Waals surface area contributed by atoms with E-state index < -0.39 is 0 Å². The zero-order chi connectivity index (χ0) is 19.7. The molecule has 0 fully saturated rings. The molecule has 0 spiro atoms. The van der Waals surface area contributed by atoms with E-state index in [1.165, 1.54) is 33.8 Å². The summed E-state index contributed by atoms with van der Waals surface area (Å²) >= 11 is 0. The maximum Gasteiger partial charge on any atom is 0.125 e. The first-order chi connectivity index (χ1) is 13.7. The van der Waals surface area contributed by atoms with Gasteiger partial charge in [-0.1, -0.05) is 42.5 Å². The molecule has 3 heteroatoms. The standard InChI is InChI=1S/C25H28N2O/c1-5-27(6-2)18-15-16-21(24(17-18)28-4)25-19-11-7-9-13-22(19)26(3)23-14-10-8-12-20(23)25/h7-17,25H,5-6H2,1-4H3. The van der Waals surface area contributed by atoms with Crippen LogP contribution in [0.5, 0.6) is 5.75 Å². The minimum Gasteiger partial charge on any atom is -0.496 e. The van der Waals surface area contributed by atoms with Crippen LogP contribution in [-0.2, 0) is 0 Å². The van der Waals surface area contributed by atoms with Gasteiger partial charge in [0.1, 0.15) is 5.75 Å². The van der Waals surface area contributed by atoms with Gasteiger partial charge in [0.05, 0.1) is 7.11 Å². The molecule has 0 N–H and O–H groups in total. The molecule has 0 radical (unpaired) electrons. The van der Waals surface area contributed by atoms with Gasteiger partial charge in [-0.05, 0) is 43.2 Å². The van der Waals surface area contributed by atoms with E-state index in [9.17, 15) is 0 Å². The van der Waals surface area contributed by atoms with Gasteiger partial charge in [-0.2, -0.15) is 0 Å². The Balaban J connectivity index is 1.91. The third kappa shape index (κ3) is 2.91. The zero-order valence-electron chi connectivity index (χ0n) is 17.1. The largest absolute Gasteiger partial charge is 0.496 e. The molecule has 0 atom stereocenters. The number of hydrogen-bond donors (Lipinski definition) is 0. The smallest absolute Gasteiger partial charge is 0.125 e. The van der Waals surface area contributed by atoms with Crippen molar-refractivity contribution >= 4 is 17.1 Å². The van der Waals surface area contributed by atoms with Crippen LogP contribution in [0.4, 0.5) is 17.1 Å². The van der Waals surface area contributed by atoms with Crippen LogP contribution >= 0.6 is 0 Å². The highest BCUT2D eigenvalue weighted by atomic mass is 16.5. The fourth-order valence-corrected chi connectivity index (χ4v) is 4.43. The first kappa shape index (κ1) is 18.4. The molecular formula is C25H28N2O. The summed E-state index contributed by atoms with van der Waals surface area (Å²) in [5.41, 5.74) is 7.56. The van der Waals surface area contributed by atoms with E-state index in [1.807, 2.05) is 0 Å². The Morgan fingerprint density at radius 2 is 1.39 bits per heavy atom. The van der Waals surface area contributed by atoms with Crippen LogP contribution in [0.1, 0.15) is 36.5 Å². The number of para-hydroxylation sites is 2. The number of fused-ring (bicyclic) bond motifs is 2. The second-order valence-electron chi connectivity index (χ2n) is 7.21. The van der Waals surface area contributed by atoms with Gasteiger partial charge in [-0.3, -0.25) is 0 Å². The fourth-order valence-electron chi connectivity index (χ4n) is 4.43. The van der Waals surface area contributed by atoms with Gasteiger partial charge < -0.3 is 14.5 Å². The normalized spacial score (nSPS) is 13.1. The van der Waals surface area contributed by atoms with Crippen molar-refractivity contribution in [2.75, 3.05) is 37.0 Å². The summed E-state index contributed by atoms with van der Waals surface area (Å²) in [5, 5.41) is 0. The Kier molecular flexibility index (Phi) is 4.99. The summed E-state index contributed by atoms with van der Waals surface area (Å²) in [6.07, 6.45) is 0. The maximum absolute atomic E-state index is 5.90. The van der Waals surface area contributed by atoms with Crippen molar-refractivity contribution in [3.63, 3.8) is 0 Å². The molecule has 28 heavy (non-hydrogen) atoms. The summed E-state index contributed by atoms with van der Waals surface area (Å²) in [5.74, 6) is 1.10. The SMILES string of the molecule is CCN(CC)c1ccc(C2c3ccccc3N(C)c3ccccc32)c(OC)c1. The minimum atomic E-state index is 0.157. The van der Waals surface area contributed by atoms with Crippen molar-refractivity contribution in [1.82, 2.24) is 0 Å². The highest BCUT2D eigenvalue weighted by Gasteiger charge is 2.31. The molecular weight excluding hydrogens is 344 g/mol. The van der Waals surface area contributed by atoms with Crippen molar-refractivity contribution in [2.24, 2.45) is 0 Å². The predicted molar refractivity (Wildman–Crippen MR) is 118 cm³/mol. The van der Waals surface area contributed by atoms with Gasteiger partial charge in [0.25, 0.3) is 0 Å². The highest BCUT2D eigenvalue weighted by Crippen LogP contribution is 2.49. The first-order valence-corrected chi connectivity index (χ1v) is 10.0. The van der Waals surface area contributed by atoms with Gasteiger partial charge in [0.2, 0.25) is 0 Å². The second kappa shape index (κ2) is 7.59. The Morgan fingerprint density at radius 1 is 0.821 bits per heavy atom. The van der Waals surface area contributed by atoms with Crippen molar-refractivity contribution in [3.8, 4) is 5.75 Å². The average Bonchev–Trinajstić information content (AvgIpc) is 2.75. The van der Waals surface area contributed by atoms with Crippen LogP contribution in [0, 0.1) is 0 Å². The van der Waals surface area contributed by atoms with Crippen molar-refractivity contribution in [1.29, 1.82) is 0 Å². The molecule has 1 aliphatic rings. The first-order valence-electron chi connectivity index (χ1n) is 10.0. The minimum absolute atomic E-state index is 0.157. The Labute approximate surface area is 168 Å². The van der Waals surface area contributed by atoms with Crippen molar-refractivity contribution in [3.05, 3.63) is 83.4 Å². The van der Waals surface area contributed by atoms with Crippen LogP contribution in [0.2, 0.25) is 0 Å². The summed E-state index contributed by atoms with van der Waals surface area (Å²) in [6.45, 7) is 6.35. The Morgan fingerprint density at radius 3 is 1.93 bits per heavy atom. The lowest BCUT2D eigenvalue weighted by Gasteiger charge is -2.36. The third-order valence-corrected chi connectivity index (χ3v) is 5.87. The fraction of sp³-hybridized carbons (Fsp3) is 0.280. The summed E-state index contributed by atoms with van der Waals surface area (Å²) in [4.78, 5) is 4.64. The number of methoxy groups -OCH3 is 1. The molecule has 0 bridgehead atoms. The Hall–Kier alpha value is -2.94. The van der Waals surface area contributed by atoms with Gasteiger partial charge in [-0.15, -0.1) is 0 Å². The highest BCUT2D eigenvalue weighted by molar-refractivity contribution is 5.78. The average molecular weight is 373 g/mol. The topological polar surface area (TPSA) is 15.7 Å². The van der Waals surface area contributed by atoms with Crippen molar-refractivity contribution < 1.29 is 4.74 Å². The molecule has 0 aliphatic carbocycles. The molecule has 0 saturated heterocycles. The molecule has 4 rings (SSSR count). The molecule has 144 valence electrons. The van der Waals surface area contributed by atoms with E-state index in [1.54, 1.807) is 7.11 Å². The number of benzene rings is 3. The van der Waals surface area contributed by atoms with Gasteiger partial charge >= 0.3 is 0 Å². The molecule has 3 nitrogen and oxygen atoms in total. The van der Waals surface area contributed by atoms with E-state index in [2.05, 4.69) is 97.4 Å². The van der Waals surface area contributed by atoms with Crippen LogP contribution in [-0.4, -0.2) is 27.2 Å². The van der Waals surface area contributed by atoms with Crippen LogP contribution < -0.4 is 14.5 Å². The van der Waals surface area contributed by atoms with E-state index in [4.69, 9.17) is 4.74 Å². The van der Waals surface area contributed by atoms with Crippen LogP contribution in [0.15, 0.2) is 66.7 Å². The summed E-state index contributed by atoms with van der Waals surface area (Å²) in [6, 6.07) is 24.0. The van der Waals surface area contributed by atoms with Gasteiger partial charge in [-0.25, -0.2) is 0 Å². The van der Waals surface area contributed by atoms with Gasteiger partial charge in [0.15, 0.2) is 0 Å². The molecule has 3 aromatic rings. The molecule has 0 aromatic heterocycles. The van der Waals surface area contributed by atoms with Crippen LogP contribution in [0.25, 0.3) is 0 Å². The molecule has 1 aliphatic heterocycles. The zero-order valence-corrected chi connectivity index (χ0v) is 17.1. The maximum atomic E-state index is 5.90. The van der Waals surface area contributed by atoms with E-state index in [-0.39, 0.29) is 5.92 Å². The quantitative estimate of drug-likeness (QED) is 0.563. The molecule has 0 amide bonds. The summed E-state index contributed by atoms with van der Waals surface area (Å²) < 4.78 is 5.90. The van der Waals surface area contributed by atoms with Gasteiger partial charge in [0, 0.05) is 54.7 Å². The predicted octanol–water partition coefficient (Wildman–Crippen LogP) is 5.80. The summed E-state index contributed by atoms with van der Waals surface area (Å²) in [7, 11) is 3.92. The second-order valence-corrected chi connectivity index (χ2v) is 7.21.